The first-order valence-corrected chi connectivity index (χ1v) is 4.45. The van der Waals surface area contributed by atoms with Gasteiger partial charge in [0.1, 0.15) is 0 Å². The van der Waals surface area contributed by atoms with Crippen LogP contribution in [-0.2, 0) is 9.53 Å². The van der Waals surface area contributed by atoms with Crippen LogP contribution in [-0.4, -0.2) is 17.2 Å². The molecule has 5 nitrogen and oxygen atoms in total. The SMILES string of the molecule is O=C1Nc2ccc(Cl)cc2C(C(=O)O)O1. The molecule has 1 aromatic carbocycles. The molecule has 0 saturated heterocycles. The summed E-state index contributed by atoms with van der Waals surface area (Å²) in [7, 11) is 0. The molecule has 0 spiro atoms. The molecule has 1 amide bonds. The summed E-state index contributed by atoms with van der Waals surface area (Å²) < 4.78 is 4.62. The second kappa shape index (κ2) is 3.43. The predicted octanol–water partition coefficient (Wildman–Crippen LogP) is 2.03. The molecule has 1 heterocycles. The number of fused-ring (bicyclic) bond motifs is 1. The molecule has 1 atom stereocenters. The Morgan fingerprint density at radius 2 is 2.27 bits per heavy atom. The molecule has 2 rings (SSSR count). The number of rotatable bonds is 1. The third kappa shape index (κ3) is 1.73. The van der Waals surface area contributed by atoms with E-state index in [1.54, 1.807) is 6.07 Å². The van der Waals surface area contributed by atoms with Gasteiger partial charge in [-0.1, -0.05) is 11.6 Å². The molecule has 1 aliphatic rings. The average Bonchev–Trinajstić information content (AvgIpc) is 2.17. The van der Waals surface area contributed by atoms with Crippen molar-refractivity contribution < 1.29 is 19.4 Å². The molecule has 2 N–H and O–H groups in total. The average molecular weight is 228 g/mol. The topological polar surface area (TPSA) is 75.6 Å². The predicted molar refractivity (Wildman–Crippen MR) is 51.9 cm³/mol. The van der Waals surface area contributed by atoms with E-state index in [-0.39, 0.29) is 0 Å². The monoisotopic (exact) mass is 227 g/mol. The number of nitrogens with one attached hydrogen (secondary N) is 1. The number of carboxylic acids is 1. The van der Waals surface area contributed by atoms with Crippen LogP contribution < -0.4 is 5.32 Å². The maximum absolute atomic E-state index is 11.0. The number of hydrogen-bond acceptors (Lipinski definition) is 3. The zero-order chi connectivity index (χ0) is 11.0. The van der Waals surface area contributed by atoms with Crippen molar-refractivity contribution in [2.45, 2.75) is 6.10 Å². The Morgan fingerprint density at radius 1 is 1.53 bits per heavy atom. The van der Waals surface area contributed by atoms with Gasteiger partial charge in [-0.15, -0.1) is 0 Å². The van der Waals surface area contributed by atoms with E-state index in [0.717, 1.165) is 0 Å². The Bertz CT molecular complexity index is 446. The van der Waals surface area contributed by atoms with Gasteiger partial charge in [-0.2, -0.15) is 0 Å². The molecule has 78 valence electrons. The van der Waals surface area contributed by atoms with E-state index < -0.39 is 18.2 Å². The zero-order valence-corrected chi connectivity index (χ0v) is 8.12. The van der Waals surface area contributed by atoms with Crippen LogP contribution in [0.25, 0.3) is 0 Å². The van der Waals surface area contributed by atoms with Crippen molar-refractivity contribution in [3.05, 3.63) is 28.8 Å². The lowest BCUT2D eigenvalue weighted by Gasteiger charge is -2.23. The number of carbonyl (C=O) groups is 2. The molecule has 1 aliphatic heterocycles. The van der Waals surface area contributed by atoms with E-state index >= 15 is 0 Å². The van der Waals surface area contributed by atoms with Crippen molar-refractivity contribution in [3.8, 4) is 0 Å². The standard InChI is InChI=1S/C9H6ClNO4/c10-4-1-2-6-5(3-4)7(8(12)13)15-9(14)11-6/h1-3,7H,(H,11,14)(H,12,13). The number of amides is 1. The molecule has 1 aromatic rings. The van der Waals surface area contributed by atoms with Crippen LogP contribution in [0.5, 0.6) is 0 Å². The van der Waals surface area contributed by atoms with Crippen molar-refractivity contribution in [1.82, 2.24) is 0 Å². The maximum atomic E-state index is 11.0. The van der Waals surface area contributed by atoms with Crippen molar-refractivity contribution in [1.29, 1.82) is 0 Å². The lowest BCUT2D eigenvalue weighted by molar-refractivity contribution is -0.147. The molecule has 0 bridgehead atoms. The normalized spacial score (nSPS) is 18.7. The fraction of sp³-hybridized carbons (Fsp3) is 0.111. The van der Waals surface area contributed by atoms with Gasteiger partial charge in [0.05, 0.1) is 5.69 Å². The van der Waals surface area contributed by atoms with Gasteiger partial charge >= 0.3 is 12.1 Å². The second-order valence-corrected chi connectivity index (χ2v) is 3.42. The third-order valence-electron chi connectivity index (χ3n) is 1.98. The van der Waals surface area contributed by atoms with E-state index in [1.807, 2.05) is 0 Å². The fourth-order valence-corrected chi connectivity index (χ4v) is 1.54. The molecule has 15 heavy (non-hydrogen) atoms. The summed E-state index contributed by atoms with van der Waals surface area (Å²) in [6, 6.07) is 4.55. The van der Waals surface area contributed by atoms with Gasteiger partial charge in [-0.25, -0.2) is 9.59 Å². The molecular weight excluding hydrogens is 222 g/mol. The third-order valence-corrected chi connectivity index (χ3v) is 2.22. The van der Waals surface area contributed by atoms with Gasteiger partial charge in [0.2, 0.25) is 6.10 Å². The number of ether oxygens (including phenoxy) is 1. The van der Waals surface area contributed by atoms with Gasteiger partial charge in [0.25, 0.3) is 0 Å². The Morgan fingerprint density at radius 3 is 2.93 bits per heavy atom. The van der Waals surface area contributed by atoms with Gasteiger partial charge in [0.15, 0.2) is 0 Å². The van der Waals surface area contributed by atoms with E-state index in [9.17, 15) is 9.59 Å². The van der Waals surface area contributed by atoms with Crippen molar-refractivity contribution in [2.24, 2.45) is 0 Å². The molecule has 0 aromatic heterocycles. The highest BCUT2D eigenvalue weighted by Crippen LogP contribution is 2.32. The van der Waals surface area contributed by atoms with Crippen LogP contribution in [0.1, 0.15) is 11.7 Å². The quantitative estimate of drug-likeness (QED) is 0.770. The highest BCUT2D eigenvalue weighted by Gasteiger charge is 2.31. The van der Waals surface area contributed by atoms with E-state index in [2.05, 4.69) is 10.1 Å². The van der Waals surface area contributed by atoms with Crippen LogP contribution in [0.4, 0.5) is 10.5 Å². The van der Waals surface area contributed by atoms with Crippen LogP contribution >= 0.6 is 11.6 Å². The highest BCUT2D eigenvalue weighted by atomic mass is 35.5. The van der Waals surface area contributed by atoms with Crippen molar-refractivity contribution in [3.63, 3.8) is 0 Å². The summed E-state index contributed by atoms with van der Waals surface area (Å²) in [6.45, 7) is 0. The number of halogens is 1. The lowest BCUT2D eigenvalue weighted by atomic mass is 10.1. The van der Waals surface area contributed by atoms with Gasteiger partial charge < -0.3 is 9.84 Å². The smallest absolute Gasteiger partial charge is 0.412 e. The Kier molecular flexibility index (Phi) is 2.24. The summed E-state index contributed by atoms with van der Waals surface area (Å²) in [5.41, 5.74) is 0.748. The first kappa shape index (κ1) is 9.79. The minimum absolute atomic E-state index is 0.342. The number of carbonyl (C=O) groups excluding carboxylic acids is 1. The summed E-state index contributed by atoms with van der Waals surface area (Å²) in [5.74, 6) is -1.23. The second-order valence-electron chi connectivity index (χ2n) is 2.98. The fourth-order valence-electron chi connectivity index (χ4n) is 1.36. The molecule has 6 heteroatoms. The minimum Gasteiger partial charge on any atom is -0.478 e. The van der Waals surface area contributed by atoms with E-state index in [4.69, 9.17) is 16.7 Å². The van der Waals surface area contributed by atoms with Crippen LogP contribution in [0.3, 0.4) is 0 Å². The Balaban J connectivity index is 2.52. The minimum atomic E-state index is -1.30. The number of hydrogen-bond donors (Lipinski definition) is 2. The highest BCUT2D eigenvalue weighted by molar-refractivity contribution is 6.30. The van der Waals surface area contributed by atoms with Gasteiger partial charge in [-0.3, -0.25) is 5.32 Å². The number of benzene rings is 1. The maximum Gasteiger partial charge on any atom is 0.412 e. The van der Waals surface area contributed by atoms with Crippen LogP contribution in [0, 0.1) is 0 Å². The molecule has 0 saturated carbocycles. The number of aliphatic carboxylic acids is 1. The molecule has 1 unspecified atom stereocenters. The summed E-state index contributed by atoms with van der Waals surface area (Å²) in [6.07, 6.45) is -2.08. The van der Waals surface area contributed by atoms with Gasteiger partial charge in [-0.05, 0) is 18.2 Å². The van der Waals surface area contributed by atoms with Gasteiger partial charge in [0, 0.05) is 10.6 Å². The Labute approximate surface area is 89.6 Å². The number of carboxylic acid groups (broad SMARTS) is 1. The van der Waals surface area contributed by atoms with E-state index in [0.29, 0.717) is 16.3 Å². The summed E-state index contributed by atoms with van der Waals surface area (Å²) in [5, 5.41) is 11.6. The summed E-state index contributed by atoms with van der Waals surface area (Å²) in [4.78, 5) is 21.8. The molecule has 0 fully saturated rings. The molecule has 0 aliphatic carbocycles. The summed E-state index contributed by atoms with van der Waals surface area (Å²) >= 11 is 5.72. The van der Waals surface area contributed by atoms with E-state index in [1.165, 1.54) is 12.1 Å². The van der Waals surface area contributed by atoms with Crippen molar-refractivity contribution in [2.75, 3.05) is 5.32 Å². The van der Waals surface area contributed by atoms with Crippen LogP contribution in [0.15, 0.2) is 18.2 Å². The number of anilines is 1. The number of cyclic esters (lactones) is 1. The lowest BCUT2D eigenvalue weighted by Crippen LogP contribution is -2.28. The Hall–Kier alpha value is -1.75. The van der Waals surface area contributed by atoms with Crippen LogP contribution in [0.2, 0.25) is 5.02 Å². The zero-order valence-electron chi connectivity index (χ0n) is 7.36. The first-order chi connectivity index (χ1) is 7.08. The molecule has 0 radical (unpaired) electrons. The molecular formula is C9H6ClNO4. The largest absolute Gasteiger partial charge is 0.478 e. The first-order valence-electron chi connectivity index (χ1n) is 4.08. The van der Waals surface area contributed by atoms with Crippen molar-refractivity contribution >= 4 is 29.4 Å².